The number of ether oxygens (including phenoxy) is 1. The van der Waals surface area contributed by atoms with Crippen LogP contribution in [0.15, 0.2) is 36.4 Å². The highest BCUT2D eigenvalue weighted by Gasteiger charge is 2.17. The van der Waals surface area contributed by atoms with Crippen LogP contribution in [0.25, 0.3) is 0 Å². The van der Waals surface area contributed by atoms with Gasteiger partial charge in [0, 0.05) is 11.6 Å². The third-order valence-corrected chi connectivity index (χ3v) is 2.75. The van der Waals surface area contributed by atoms with E-state index in [9.17, 15) is 18.3 Å². The van der Waals surface area contributed by atoms with Gasteiger partial charge in [0.05, 0.1) is 7.11 Å². The van der Waals surface area contributed by atoms with E-state index in [-0.39, 0.29) is 16.9 Å². The van der Waals surface area contributed by atoms with E-state index in [1.165, 1.54) is 19.2 Å². The van der Waals surface area contributed by atoms with Crippen molar-refractivity contribution in [2.24, 2.45) is 0 Å². The first-order valence-electron chi connectivity index (χ1n) is 5.49. The summed E-state index contributed by atoms with van der Waals surface area (Å²) in [4.78, 5) is 0. The molecule has 100 valence electrons. The first kappa shape index (κ1) is 13.4. The summed E-state index contributed by atoms with van der Waals surface area (Å²) in [7, 11) is 1.28. The van der Waals surface area contributed by atoms with Crippen molar-refractivity contribution in [1.29, 1.82) is 0 Å². The van der Waals surface area contributed by atoms with Gasteiger partial charge < -0.3 is 9.84 Å². The van der Waals surface area contributed by atoms with Crippen molar-refractivity contribution >= 4 is 0 Å². The van der Waals surface area contributed by atoms with Crippen LogP contribution in [-0.2, 0) is 0 Å². The predicted molar refractivity (Wildman–Crippen MR) is 63.4 cm³/mol. The predicted octanol–water partition coefficient (Wildman–Crippen LogP) is 3.19. The molecule has 0 aliphatic heterocycles. The molecule has 0 aromatic heterocycles. The molecule has 19 heavy (non-hydrogen) atoms. The molecule has 0 saturated carbocycles. The summed E-state index contributed by atoms with van der Waals surface area (Å²) < 4.78 is 44.4. The molecule has 2 aromatic rings. The fourth-order valence-electron chi connectivity index (χ4n) is 1.75. The number of hydrogen-bond donors (Lipinski definition) is 1. The van der Waals surface area contributed by atoms with Gasteiger partial charge in [0.15, 0.2) is 11.6 Å². The van der Waals surface area contributed by atoms with E-state index >= 15 is 0 Å². The zero-order chi connectivity index (χ0) is 14.0. The molecule has 0 spiro atoms. The Hall–Kier alpha value is -2.01. The smallest absolute Gasteiger partial charge is 0.165 e. The topological polar surface area (TPSA) is 29.5 Å². The average molecular weight is 268 g/mol. The lowest BCUT2D eigenvalue weighted by Crippen LogP contribution is -2.04. The molecule has 2 aromatic carbocycles. The van der Waals surface area contributed by atoms with Crippen LogP contribution in [0.4, 0.5) is 13.2 Å². The molecule has 1 unspecified atom stereocenters. The highest BCUT2D eigenvalue weighted by atomic mass is 19.1. The van der Waals surface area contributed by atoms with Crippen LogP contribution in [0.1, 0.15) is 17.2 Å². The molecular formula is C14H11F3O2. The Kier molecular flexibility index (Phi) is 3.76. The molecule has 5 heteroatoms. The molecule has 1 N–H and O–H groups in total. The van der Waals surface area contributed by atoms with Gasteiger partial charge in [0.2, 0.25) is 0 Å². The summed E-state index contributed by atoms with van der Waals surface area (Å²) in [6.45, 7) is 0. The van der Waals surface area contributed by atoms with Gasteiger partial charge in [-0.1, -0.05) is 12.1 Å². The van der Waals surface area contributed by atoms with Gasteiger partial charge in [-0.2, -0.15) is 0 Å². The number of aliphatic hydroxyl groups is 1. The van der Waals surface area contributed by atoms with Crippen LogP contribution in [0, 0.1) is 17.5 Å². The van der Waals surface area contributed by atoms with Gasteiger partial charge >= 0.3 is 0 Å². The SMILES string of the molecule is COc1cc(C(O)c2ccc(F)cc2F)ccc1F. The summed E-state index contributed by atoms with van der Waals surface area (Å²) in [6, 6.07) is 6.56. The fraction of sp³-hybridized carbons (Fsp3) is 0.143. The Morgan fingerprint density at radius 2 is 1.74 bits per heavy atom. The summed E-state index contributed by atoms with van der Waals surface area (Å²) in [6.07, 6.45) is -1.32. The van der Waals surface area contributed by atoms with Gasteiger partial charge in [-0.25, -0.2) is 13.2 Å². The largest absolute Gasteiger partial charge is 0.494 e. The number of aliphatic hydroxyl groups excluding tert-OH is 1. The van der Waals surface area contributed by atoms with E-state index in [1.807, 2.05) is 0 Å². The average Bonchev–Trinajstić information content (AvgIpc) is 2.38. The van der Waals surface area contributed by atoms with E-state index < -0.39 is 23.6 Å². The van der Waals surface area contributed by atoms with Crippen molar-refractivity contribution < 1.29 is 23.0 Å². The highest BCUT2D eigenvalue weighted by molar-refractivity contribution is 5.36. The van der Waals surface area contributed by atoms with Crippen molar-refractivity contribution in [2.45, 2.75) is 6.10 Å². The Labute approximate surface area is 108 Å². The second kappa shape index (κ2) is 5.32. The minimum Gasteiger partial charge on any atom is -0.494 e. The summed E-state index contributed by atoms with van der Waals surface area (Å²) in [5.74, 6) is -2.24. The standard InChI is InChI=1S/C14H11F3O2/c1-19-13-6-8(2-5-11(13)16)14(18)10-4-3-9(15)7-12(10)17/h2-7,14,18H,1H3. The van der Waals surface area contributed by atoms with Crippen molar-refractivity contribution in [1.82, 2.24) is 0 Å². The molecule has 0 fully saturated rings. The quantitative estimate of drug-likeness (QED) is 0.926. The van der Waals surface area contributed by atoms with Crippen molar-refractivity contribution in [3.05, 3.63) is 65.0 Å². The Morgan fingerprint density at radius 3 is 2.37 bits per heavy atom. The molecule has 0 saturated heterocycles. The van der Waals surface area contributed by atoms with Crippen molar-refractivity contribution in [2.75, 3.05) is 7.11 Å². The first-order valence-corrected chi connectivity index (χ1v) is 5.49. The summed E-state index contributed by atoms with van der Waals surface area (Å²) in [5, 5.41) is 10.0. The minimum absolute atomic E-state index is 0.0564. The molecular weight excluding hydrogens is 257 g/mol. The molecule has 0 bridgehead atoms. The maximum atomic E-state index is 13.5. The lowest BCUT2D eigenvalue weighted by molar-refractivity contribution is 0.214. The van der Waals surface area contributed by atoms with Gasteiger partial charge in [0.25, 0.3) is 0 Å². The molecule has 0 aliphatic carbocycles. The molecule has 0 aliphatic rings. The van der Waals surface area contributed by atoms with Gasteiger partial charge in [-0.15, -0.1) is 0 Å². The third kappa shape index (κ3) is 2.71. The number of methoxy groups -OCH3 is 1. The van der Waals surface area contributed by atoms with E-state index in [0.29, 0.717) is 6.07 Å². The van der Waals surface area contributed by atoms with Crippen LogP contribution in [-0.4, -0.2) is 12.2 Å². The normalized spacial score (nSPS) is 12.3. The Bertz CT molecular complexity index is 599. The van der Waals surface area contributed by atoms with Gasteiger partial charge in [-0.3, -0.25) is 0 Å². The lowest BCUT2D eigenvalue weighted by atomic mass is 10.0. The lowest BCUT2D eigenvalue weighted by Gasteiger charge is -2.13. The zero-order valence-electron chi connectivity index (χ0n) is 10.0. The van der Waals surface area contributed by atoms with E-state index in [2.05, 4.69) is 0 Å². The minimum atomic E-state index is -1.32. The summed E-state index contributed by atoms with van der Waals surface area (Å²) >= 11 is 0. The maximum Gasteiger partial charge on any atom is 0.165 e. The Balaban J connectivity index is 2.40. The second-order valence-electron chi connectivity index (χ2n) is 3.96. The molecule has 0 amide bonds. The number of benzene rings is 2. The molecule has 1 atom stereocenters. The van der Waals surface area contributed by atoms with Gasteiger partial charge in [-0.05, 0) is 23.8 Å². The van der Waals surface area contributed by atoms with Crippen LogP contribution < -0.4 is 4.74 Å². The van der Waals surface area contributed by atoms with Gasteiger partial charge in [0.1, 0.15) is 17.7 Å². The van der Waals surface area contributed by atoms with E-state index in [0.717, 1.165) is 18.2 Å². The second-order valence-corrected chi connectivity index (χ2v) is 3.96. The highest BCUT2D eigenvalue weighted by Crippen LogP contribution is 2.28. The number of rotatable bonds is 3. The number of halogens is 3. The van der Waals surface area contributed by atoms with Crippen LogP contribution in [0.5, 0.6) is 5.75 Å². The van der Waals surface area contributed by atoms with Crippen molar-refractivity contribution in [3.8, 4) is 5.75 Å². The van der Waals surface area contributed by atoms with Crippen LogP contribution in [0.2, 0.25) is 0 Å². The van der Waals surface area contributed by atoms with E-state index in [1.54, 1.807) is 0 Å². The third-order valence-electron chi connectivity index (χ3n) is 2.75. The molecule has 0 radical (unpaired) electrons. The Morgan fingerprint density at radius 1 is 1.00 bits per heavy atom. The molecule has 2 rings (SSSR count). The first-order chi connectivity index (χ1) is 9.02. The van der Waals surface area contributed by atoms with E-state index in [4.69, 9.17) is 4.74 Å². The van der Waals surface area contributed by atoms with Crippen molar-refractivity contribution in [3.63, 3.8) is 0 Å². The molecule has 2 nitrogen and oxygen atoms in total. The summed E-state index contributed by atoms with van der Waals surface area (Å²) in [5.41, 5.74) is 0.166. The number of hydrogen-bond acceptors (Lipinski definition) is 2. The zero-order valence-corrected chi connectivity index (χ0v) is 10.0. The fourth-order valence-corrected chi connectivity index (χ4v) is 1.75. The molecule has 0 heterocycles. The monoisotopic (exact) mass is 268 g/mol. The maximum absolute atomic E-state index is 13.5. The van der Waals surface area contributed by atoms with Crippen LogP contribution in [0.3, 0.4) is 0 Å². The van der Waals surface area contributed by atoms with Crippen LogP contribution >= 0.6 is 0 Å².